The zero-order valence-corrected chi connectivity index (χ0v) is 11.5. The van der Waals surface area contributed by atoms with Crippen molar-refractivity contribution in [3.8, 4) is 0 Å². The van der Waals surface area contributed by atoms with Crippen LogP contribution < -0.4 is 5.32 Å². The van der Waals surface area contributed by atoms with Gasteiger partial charge in [0.15, 0.2) is 0 Å². The molecular weight excluding hydrogens is 226 g/mol. The lowest BCUT2D eigenvalue weighted by molar-refractivity contribution is 0.254. The van der Waals surface area contributed by atoms with Crippen molar-refractivity contribution in [2.75, 3.05) is 32.5 Å². The van der Waals surface area contributed by atoms with Gasteiger partial charge < -0.3 is 14.6 Å². The van der Waals surface area contributed by atoms with E-state index in [0.29, 0.717) is 0 Å². The SMILES string of the molecule is CN(C)CC(C)(C)CNc1nccc2occc12. The summed E-state index contributed by atoms with van der Waals surface area (Å²) in [4.78, 5) is 6.58. The third-order valence-corrected chi connectivity index (χ3v) is 2.86. The van der Waals surface area contributed by atoms with Gasteiger partial charge in [-0.1, -0.05) is 13.8 Å². The highest BCUT2D eigenvalue weighted by Gasteiger charge is 2.19. The fraction of sp³-hybridized carbons (Fsp3) is 0.500. The van der Waals surface area contributed by atoms with E-state index in [-0.39, 0.29) is 5.41 Å². The van der Waals surface area contributed by atoms with Gasteiger partial charge in [0.1, 0.15) is 11.4 Å². The van der Waals surface area contributed by atoms with Crippen molar-refractivity contribution in [3.05, 3.63) is 24.6 Å². The highest BCUT2D eigenvalue weighted by atomic mass is 16.3. The van der Waals surface area contributed by atoms with Gasteiger partial charge in [0.25, 0.3) is 0 Å². The van der Waals surface area contributed by atoms with Crippen molar-refractivity contribution in [3.63, 3.8) is 0 Å². The van der Waals surface area contributed by atoms with Gasteiger partial charge in [0.2, 0.25) is 0 Å². The summed E-state index contributed by atoms with van der Waals surface area (Å²) in [6, 6.07) is 3.83. The minimum Gasteiger partial charge on any atom is -0.464 e. The van der Waals surface area contributed by atoms with E-state index in [0.717, 1.165) is 29.9 Å². The number of nitrogens with zero attached hydrogens (tertiary/aromatic N) is 2. The Morgan fingerprint density at radius 1 is 1.33 bits per heavy atom. The highest BCUT2D eigenvalue weighted by molar-refractivity contribution is 5.87. The topological polar surface area (TPSA) is 41.3 Å². The molecule has 4 nitrogen and oxygen atoms in total. The summed E-state index contributed by atoms with van der Waals surface area (Å²) in [5, 5.41) is 4.46. The van der Waals surface area contributed by atoms with Crippen molar-refractivity contribution in [1.82, 2.24) is 9.88 Å². The molecule has 18 heavy (non-hydrogen) atoms. The van der Waals surface area contributed by atoms with E-state index in [1.165, 1.54) is 0 Å². The second-order valence-electron chi connectivity index (χ2n) is 5.75. The standard InChI is InChI=1S/C14H21N3O/c1-14(2,10-17(3)4)9-16-13-11-6-8-18-12(11)5-7-15-13/h5-8H,9-10H2,1-4H3,(H,15,16). The fourth-order valence-corrected chi connectivity index (χ4v) is 2.27. The summed E-state index contributed by atoms with van der Waals surface area (Å²) in [5.74, 6) is 0.896. The molecule has 2 aromatic rings. The molecule has 0 bridgehead atoms. The molecule has 0 atom stereocenters. The molecule has 0 spiro atoms. The number of pyridine rings is 1. The number of nitrogens with one attached hydrogen (secondary N) is 1. The van der Waals surface area contributed by atoms with Crippen LogP contribution in [0.2, 0.25) is 0 Å². The molecule has 0 saturated heterocycles. The Balaban J connectivity index is 2.08. The van der Waals surface area contributed by atoms with Gasteiger partial charge in [-0.05, 0) is 31.6 Å². The Kier molecular flexibility index (Phi) is 3.57. The number of anilines is 1. The van der Waals surface area contributed by atoms with Crippen LogP contribution in [0.1, 0.15) is 13.8 Å². The molecule has 1 N–H and O–H groups in total. The Morgan fingerprint density at radius 2 is 2.11 bits per heavy atom. The average Bonchev–Trinajstić information content (AvgIpc) is 2.72. The first kappa shape index (κ1) is 12.9. The molecule has 0 aromatic carbocycles. The molecule has 2 aromatic heterocycles. The van der Waals surface area contributed by atoms with E-state index >= 15 is 0 Å². The summed E-state index contributed by atoms with van der Waals surface area (Å²) >= 11 is 0. The van der Waals surface area contributed by atoms with E-state index in [1.54, 1.807) is 12.5 Å². The first-order valence-corrected chi connectivity index (χ1v) is 6.19. The Morgan fingerprint density at radius 3 is 2.83 bits per heavy atom. The van der Waals surface area contributed by atoms with E-state index in [1.807, 2.05) is 12.1 Å². The molecule has 4 heteroatoms. The summed E-state index contributed by atoms with van der Waals surface area (Å²) in [6.45, 7) is 6.40. The maximum Gasteiger partial charge on any atom is 0.139 e. The van der Waals surface area contributed by atoms with Gasteiger partial charge in [-0.25, -0.2) is 4.98 Å². The Hall–Kier alpha value is -1.55. The molecule has 2 heterocycles. The van der Waals surface area contributed by atoms with Crippen LogP contribution in [0.3, 0.4) is 0 Å². The Labute approximate surface area is 108 Å². The first-order valence-electron chi connectivity index (χ1n) is 6.19. The number of rotatable bonds is 5. The van der Waals surface area contributed by atoms with Crippen LogP contribution in [0.4, 0.5) is 5.82 Å². The van der Waals surface area contributed by atoms with Crippen molar-refractivity contribution >= 4 is 16.8 Å². The molecule has 0 aliphatic rings. The third kappa shape index (κ3) is 3.01. The van der Waals surface area contributed by atoms with Crippen molar-refractivity contribution in [2.24, 2.45) is 5.41 Å². The summed E-state index contributed by atoms with van der Waals surface area (Å²) in [6.07, 6.45) is 3.47. The van der Waals surface area contributed by atoms with Gasteiger partial charge in [-0.3, -0.25) is 0 Å². The number of hydrogen-bond acceptors (Lipinski definition) is 4. The molecule has 98 valence electrons. The predicted molar refractivity (Wildman–Crippen MR) is 74.8 cm³/mol. The van der Waals surface area contributed by atoms with Crippen molar-refractivity contribution < 1.29 is 4.42 Å². The van der Waals surface area contributed by atoms with Gasteiger partial charge in [-0.15, -0.1) is 0 Å². The van der Waals surface area contributed by atoms with Crippen LogP contribution in [0.5, 0.6) is 0 Å². The number of furan rings is 1. The van der Waals surface area contributed by atoms with E-state index in [9.17, 15) is 0 Å². The van der Waals surface area contributed by atoms with Crippen molar-refractivity contribution in [1.29, 1.82) is 0 Å². The van der Waals surface area contributed by atoms with Crippen LogP contribution >= 0.6 is 0 Å². The molecule has 0 aliphatic carbocycles. The average molecular weight is 247 g/mol. The van der Waals surface area contributed by atoms with Gasteiger partial charge in [-0.2, -0.15) is 0 Å². The van der Waals surface area contributed by atoms with E-state index in [4.69, 9.17) is 4.42 Å². The van der Waals surface area contributed by atoms with Crippen LogP contribution in [0.15, 0.2) is 29.0 Å². The second-order valence-corrected chi connectivity index (χ2v) is 5.75. The minimum absolute atomic E-state index is 0.192. The highest BCUT2D eigenvalue weighted by Crippen LogP contribution is 2.23. The second kappa shape index (κ2) is 4.98. The molecule has 0 saturated carbocycles. The smallest absolute Gasteiger partial charge is 0.139 e. The van der Waals surface area contributed by atoms with E-state index < -0.39 is 0 Å². The van der Waals surface area contributed by atoms with Crippen LogP contribution in [0.25, 0.3) is 11.0 Å². The van der Waals surface area contributed by atoms with Gasteiger partial charge >= 0.3 is 0 Å². The number of hydrogen-bond donors (Lipinski definition) is 1. The minimum atomic E-state index is 0.192. The Bertz CT molecular complexity index is 516. The molecule has 0 fully saturated rings. The lowest BCUT2D eigenvalue weighted by Gasteiger charge is -2.28. The lowest BCUT2D eigenvalue weighted by Crippen LogP contribution is -2.34. The van der Waals surface area contributed by atoms with Crippen LogP contribution in [0, 0.1) is 5.41 Å². The number of aromatic nitrogens is 1. The molecule has 0 unspecified atom stereocenters. The fourth-order valence-electron chi connectivity index (χ4n) is 2.27. The molecule has 0 aliphatic heterocycles. The van der Waals surface area contributed by atoms with Crippen LogP contribution in [-0.4, -0.2) is 37.1 Å². The summed E-state index contributed by atoms with van der Waals surface area (Å²) < 4.78 is 5.37. The van der Waals surface area contributed by atoms with E-state index in [2.05, 4.69) is 43.1 Å². The first-order chi connectivity index (χ1) is 8.48. The molecule has 0 amide bonds. The van der Waals surface area contributed by atoms with Gasteiger partial charge in [0.05, 0.1) is 11.6 Å². The van der Waals surface area contributed by atoms with Crippen molar-refractivity contribution in [2.45, 2.75) is 13.8 Å². The lowest BCUT2D eigenvalue weighted by atomic mass is 9.93. The normalized spacial score (nSPS) is 12.3. The zero-order valence-electron chi connectivity index (χ0n) is 11.5. The monoisotopic (exact) mass is 247 g/mol. The van der Waals surface area contributed by atoms with Crippen LogP contribution in [-0.2, 0) is 0 Å². The molecule has 2 rings (SSSR count). The third-order valence-electron chi connectivity index (χ3n) is 2.86. The summed E-state index contributed by atoms with van der Waals surface area (Å²) in [7, 11) is 4.19. The summed E-state index contributed by atoms with van der Waals surface area (Å²) in [5.41, 5.74) is 1.06. The quantitative estimate of drug-likeness (QED) is 0.882. The molecular formula is C14H21N3O. The maximum absolute atomic E-state index is 5.37. The predicted octanol–water partition coefficient (Wildman–Crippen LogP) is 2.83. The zero-order chi connectivity index (χ0) is 13.2. The molecule has 0 radical (unpaired) electrons. The van der Waals surface area contributed by atoms with Gasteiger partial charge in [0, 0.05) is 19.3 Å². The number of fused-ring (bicyclic) bond motifs is 1. The maximum atomic E-state index is 5.37. The largest absolute Gasteiger partial charge is 0.464 e.